The average Bonchev–Trinajstić information content (AvgIpc) is 2.93. The maximum Gasteiger partial charge on any atom is 0.311 e. The second kappa shape index (κ2) is 5.95. The van der Waals surface area contributed by atoms with Crippen LogP contribution in [0.15, 0.2) is 29.4 Å². The zero-order chi connectivity index (χ0) is 17.3. The molecule has 0 aliphatic rings. The molecule has 2 heterocycles. The Morgan fingerprint density at radius 2 is 2.04 bits per heavy atom. The second-order valence-electron chi connectivity index (χ2n) is 5.13. The lowest BCUT2D eigenvalue weighted by atomic mass is 10.2. The number of nitrogens with zero attached hydrogens (tertiary/aromatic N) is 5. The van der Waals surface area contributed by atoms with Crippen LogP contribution < -0.4 is 5.43 Å². The van der Waals surface area contributed by atoms with Crippen LogP contribution in [0, 0.1) is 13.8 Å². The number of nitrogens with one attached hydrogen (secondary N) is 1. The highest BCUT2D eigenvalue weighted by molar-refractivity contribution is 5.92. The van der Waals surface area contributed by atoms with E-state index in [1.807, 2.05) is 19.9 Å². The van der Waals surface area contributed by atoms with Gasteiger partial charge >= 0.3 is 5.91 Å². The molecule has 0 saturated carbocycles. The van der Waals surface area contributed by atoms with Gasteiger partial charge in [0.1, 0.15) is 11.5 Å². The lowest BCUT2D eigenvalue weighted by Crippen LogP contribution is -2.19. The molecule has 0 unspecified atom stereocenters. The van der Waals surface area contributed by atoms with Crippen molar-refractivity contribution in [1.82, 2.24) is 25.0 Å². The van der Waals surface area contributed by atoms with E-state index in [4.69, 9.17) is 0 Å². The van der Waals surface area contributed by atoms with Crippen LogP contribution in [0.4, 0.5) is 0 Å². The number of amides is 1. The molecule has 3 rings (SSSR count). The topological polar surface area (TPSA) is 125 Å². The highest BCUT2D eigenvalue weighted by atomic mass is 16.3. The molecule has 24 heavy (non-hydrogen) atoms. The van der Waals surface area contributed by atoms with Crippen LogP contribution in [0.3, 0.4) is 0 Å². The zero-order valence-corrected chi connectivity index (χ0v) is 12.9. The largest absolute Gasteiger partial charge is 0.508 e. The first-order valence-corrected chi connectivity index (χ1v) is 7.00. The number of aromatic hydroxyl groups is 2. The molecule has 0 radical (unpaired) electrons. The maximum absolute atomic E-state index is 12.0. The number of hydrogen-bond donors (Lipinski definition) is 3. The van der Waals surface area contributed by atoms with E-state index in [1.165, 1.54) is 28.9 Å². The first-order valence-electron chi connectivity index (χ1n) is 7.00. The Kier molecular flexibility index (Phi) is 3.82. The summed E-state index contributed by atoms with van der Waals surface area (Å²) in [7, 11) is 0. The summed E-state index contributed by atoms with van der Waals surface area (Å²) < 4.78 is 1.47. The van der Waals surface area contributed by atoms with Crippen molar-refractivity contribution in [1.29, 1.82) is 0 Å². The van der Waals surface area contributed by atoms with E-state index in [-0.39, 0.29) is 17.3 Å². The van der Waals surface area contributed by atoms with Crippen molar-refractivity contribution in [3.05, 3.63) is 47.0 Å². The van der Waals surface area contributed by atoms with E-state index < -0.39 is 5.91 Å². The first-order chi connectivity index (χ1) is 11.4. The summed E-state index contributed by atoms with van der Waals surface area (Å²) in [5.41, 5.74) is 4.20. The zero-order valence-electron chi connectivity index (χ0n) is 12.9. The third-order valence-corrected chi connectivity index (χ3v) is 3.21. The van der Waals surface area contributed by atoms with E-state index in [9.17, 15) is 15.0 Å². The summed E-state index contributed by atoms with van der Waals surface area (Å²) in [6.07, 6.45) is 1.25. The third kappa shape index (κ3) is 3.00. The molecule has 0 atom stereocenters. The van der Waals surface area contributed by atoms with Crippen LogP contribution in [0.2, 0.25) is 0 Å². The van der Waals surface area contributed by atoms with Crippen molar-refractivity contribution in [2.45, 2.75) is 13.8 Å². The van der Waals surface area contributed by atoms with Crippen molar-refractivity contribution in [3.63, 3.8) is 0 Å². The Morgan fingerprint density at radius 1 is 1.25 bits per heavy atom. The molecule has 9 heteroatoms. The fraction of sp³-hybridized carbons (Fsp3) is 0.133. The summed E-state index contributed by atoms with van der Waals surface area (Å²) in [6.45, 7) is 3.67. The molecule has 0 bridgehead atoms. The van der Waals surface area contributed by atoms with Crippen LogP contribution >= 0.6 is 0 Å². The van der Waals surface area contributed by atoms with E-state index in [0.717, 1.165) is 11.4 Å². The fourth-order valence-corrected chi connectivity index (χ4v) is 2.11. The number of fused-ring (bicyclic) bond motifs is 1. The van der Waals surface area contributed by atoms with Gasteiger partial charge in [-0.3, -0.25) is 4.79 Å². The summed E-state index contributed by atoms with van der Waals surface area (Å²) in [5.74, 6) is -0.567. The second-order valence-corrected chi connectivity index (χ2v) is 5.13. The highest BCUT2D eigenvalue weighted by Crippen LogP contribution is 2.20. The van der Waals surface area contributed by atoms with E-state index in [2.05, 4.69) is 25.6 Å². The predicted molar refractivity (Wildman–Crippen MR) is 85.1 cm³/mol. The van der Waals surface area contributed by atoms with Gasteiger partial charge in [0.15, 0.2) is 0 Å². The molecule has 9 nitrogen and oxygen atoms in total. The number of carbonyl (C=O) groups is 1. The Morgan fingerprint density at radius 3 is 2.79 bits per heavy atom. The average molecular weight is 326 g/mol. The van der Waals surface area contributed by atoms with Crippen molar-refractivity contribution in [2.24, 2.45) is 5.10 Å². The van der Waals surface area contributed by atoms with Gasteiger partial charge in [-0.25, -0.2) is 14.9 Å². The van der Waals surface area contributed by atoms with E-state index in [0.29, 0.717) is 11.3 Å². The van der Waals surface area contributed by atoms with Crippen LogP contribution in [-0.4, -0.2) is 41.9 Å². The summed E-state index contributed by atoms with van der Waals surface area (Å²) in [4.78, 5) is 20.3. The van der Waals surface area contributed by atoms with Gasteiger partial charge in [0.05, 0.1) is 6.21 Å². The molecule has 0 aliphatic carbocycles. The number of aromatic nitrogens is 4. The fourth-order valence-electron chi connectivity index (χ4n) is 2.11. The van der Waals surface area contributed by atoms with Gasteiger partial charge in [-0.2, -0.15) is 10.1 Å². The van der Waals surface area contributed by atoms with Gasteiger partial charge in [-0.15, -0.1) is 5.10 Å². The lowest BCUT2D eigenvalue weighted by Gasteiger charge is -1.99. The van der Waals surface area contributed by atoms with Gasteiger partial charge < -0.3 is 10.2 Å². The minimum atomic E-state index is -0.605. The molecule has 0 aliphatic heterocycles. The van der Waals surface area contributed by atoms with Crippen molar-refractivity contribution < 1.29 is 15.0 Å². The van der Waals surface area contributed by atoms with Crippen LogP contribution in [0.1, 0.15) is 27.6 Å². The summed E-state index contributed by atoms with van der Waals surface area (Å²) in [6, 6.07) is 5.85. The highest BCUT2D eigenvalue weighted by Gasteiger charge is 2.14. The number of hydrogen-bond acceptors (Lipinski definition) is 7. The SMILES string of the molecule is Cc1cc(C)n2nc(C(=O)N/N=C/c3ccc(O)cc3O)nc2n1. The van der Waals surface area contributed by atoms with Gasteiger partial charge in [0.2, 0.25) is 5.82 Å². The van der Waals surface area contributed by atoms with Gasteiger partial charge in [0, 0.05) is 23.0 Å². The van der Waals surface area contributed by atoms with Gasteiger partial charge in [0.25, 0.3) is 5.78 Å². The molecule has 1 amide bonds. The molecule has 122 valence electrons. The van der Waals surface area contributed by atoms with Crippen molar-refractivity contribution in [2.75, 3.05) is 0 Å². The summed E-state index contributed by atoms with van der Waals surface area (Å²) >= 11 is 0. The first kappa shape index (κ1) is 15.4. The van der Waals surface area contributed by atoms with Gasteiger partial charge in [-0.05, 0) is 32.0 Å². The number of carbonyl (C=O) groups excluding carboxylic acids is 1. The Balaban J connectivity index is 1.77. The number of rotatable bonds is 3. The quantitative estimate of drug-likeness (QED) is 0.485. The molecule has 0 spiro atoms. The monoisotopic (exact) mass is 326 g/mol. The van der Waals surface area contributed by atoms with Crippen LogP contribution in [0.25, 0.3) is 5.78 Å². The lowest BCUT2D eigenvalue weighted by molar-refractivity contribution is 0.0945. The minimum absolute atomic E-state index is 0.0664. The minimum Gasteiger partial charge on any atom is -0.508 e. The molecule has 0 saturated heterocycles. The third-order valence-electron chi connectivity index (χ3n) is 3.21. The Labute approximate surface area is 136 Å². The molecule has 3 N–H and O–H groups in total. The molecule has 2 aromatic heterocycles. The van der Waals surface area contributed by atoms with Crippen LogP contribution in [-0.2, 0) is 0 Å². The van der Waals surface area contributed by atoms with Crippen LogP contribution in [0.5, 0.6) is 11.5 Å². The predicted octanol–water partition coefficient (Wildman–Crippen LogP) is 0.916. The van der Waals surface area contributed by atoms with E-state index >= 15 is 0 Å². The smallest absolute Gasteiger partial charge is 0.311 e. The van der Waals surface area contributed by atoms with Gasteiger partial charge in [-0.1, -0.05) is 0 Å². The molecule has 0 fully saturated rings. The summed E-state index contributed by atoms with van der Waals surface area (Å²) in [5, 5.41) is 26.7. The molecular formula is C15H14N6O3. The standard InChI is InChI=1S/C15H14N6O3/c1-8-5-9(2)21-15(17-8)18-13(20-21)14(24)19-16-7-10-3-4-11(22)6-12(10)23/h3-7,22-23H,1-2H3,(H,19,24)/b16-7+. The number of aryl methyl sites for hydroxylation is 2. The van der Waals surface area contributed by atoms with E-state index in [1.54, 1.807) is 0 Å². The molecule has 1 aromatic carbocycles. The molecule has 3 aromatic rings. The van der Waals surface area contributed by atoms with Crippen molar-refractivity contribution >= 4 is 17.9 Å². The Hall–Kier alpha value is -3.49. The number of phenols is 2. The normalized spacial score (nSPS) is 11.2. The Bertz CT molecular complexity index is 963. The van der Waals surface area contributed by atoms with Crippen molar-refractivity contribution in [3.8, 4) is 11.5 Å². The molecular weight excluding hydrogens is 312 g/mol. The number of hydrazone groups is 1. The maximum atomic E-state index is 12.0. The number of benzene rings is 1. The number of phenolic OH excluding ortho intramolecular Hbond substituents is 2.